The van der Waals surface area contributed by atoms with E-state index in [4.69, 9.17) is 5.11 Å². The molecule has 0 atom stereocenters. The summed E-state index contributed by atoms with van der Waals surface area (Å²) in [5.74, 6) is -1.70. The van der Waals surface area contributed by atoms with Crippen molar-refractivity contribution in [3.05, 3.63) is 28.0 Å². The number of nitrogens with zero attached hydrogens (tertiary/aromatic N) is 1. The molecule has 0 bridgehead atoms. The van der Waals surface area contributed by atoms with Gasteiger partial charge in [-0.05, 0) is 55.0 Å². The average molecular weight is 359 g/mol. The molecular weight excluding hydrogens is 339 g/mol. The Morgan fingerprint density at radius 2 is 2.05 bits per heavy atom. The molecule has 2 N–H and O–H groups in total. The number of hydrogen-bond donors (Lipinski definition) is 2. The summed E-state index contributed by atoms with van der Waals surface area (Å²) >= 11 is 3.02. The van der Waals surface area contributed by atoms with Crippen LogP contribution in [0.5, 0.6) is 0 Å². The summed E-state index contributed by atoms with van der Waals surface area (Å²) < 4.78 is 14.2. The van der Waals surface area contributed by atoms with Crippen LogP contribution in [-0.2, 0) is 0 Å². The molecule has 4 nitrogen and oxygen atoms in total. The molecular formula is C15H20BrFN2O2. The molecule has 0 aliphatic heterocycles. The third kappa shape index (κ3) is 3.21. The smallest absolute Gasteiger partial charge is 0.336 e. The molecule has 0 spiro atoms. The Balaban J connectivity index is 2.17. The molecule has 2 rings (SSSR count). The van der Waals surface area contributed by atoms with Crippen molar-refractivity contribution in [2.75, 3.05) is 26.0 Å². The Bertz CT molecular complexity index is 543. The predicted molar refractivity (Wildman–Crippen MR) is 84.4 cm³/mol. The molecule has 0 amide bonds. The van der Waals surface area contributed by atoms with E-state index in [1.165, 1.54) is 25.0 Å². The largest absolute Gasteiger partial charge is 0.478 e. The first-order valence-corrected chi connectivity index (χ1v) is 7.79. The molecule has 116 valence electrons. The highest BCUT2D eigenvalue weighted by molar-refractivity contribution is 9.10. The average Bonchev–Trinajstić information content (AvgIpc) is 2.90. The van der Waals surface area contributed by atoms with Gasteiger partial charge in [0, 0.05) is 12.1 Å². The summed E-state index contributed by atoms with van der Waals surface area (Å²) in [5.41, 5.74) is 0.311. The first kappa shape index (κ1) is 16.2. The third-order valence-corrected chi connectivity index (χ3v) is 5.18. The van der Waals surface area contributed by atoms with Crippen molar-refractivity contribution in [3.8, 4) is 0 Å². The minimum Gasteiger partial charge on any atom is -0.478 e. The summed E-state index contributed by atoms with van der Waals surface area (Å²) in [7, 11) is 4.10. The van der Waals surface area contributed by atoms with Crippen molar-refractivity contribution in [1.82, 2.24) is 4.90 Å². The van der Waals surface area contributed by atoms with E-state index in [1.54, 1.807) is 0 Å². The number of hydrogen-bond acceptors (Lipinski definition) is 3. The Morgan fingerprint density at radius 3 is 2.57 bits per heavy atom. The van der Waals surface area contributed by atoms with Crippen LogP contribution in [0.4, 0.5) is 10.1 Å². The first-order valence-electron chi connectivity index (χ1n) is 7.00. The summed E-state index contributed by atoms with van der Waals surface area (Å²) in [5, 5.41) is 12.1. The summed E-state index contributed by atoms with van der Waals surface area (Å²) in [6, 6.07) is 2.90. The van der Waals surface area contributed by atoms with Gasteiger partial charge in [0.2, 0.25) is 0 Å². The van der Waals surface area contributed by atoms with Crippen molar-refractivity contribution in [1.29, 1.82) is 0 Å². The summed E-state index contributed by atoms with van der Waals surface area (Å²) in [4.78, 5) is 13.2. The van der Waals surface area contributed by atoms with E-state index in [9.17, 15) is 9.18 Å². The molecule has 1 fully saturated rings. The topological polar surface area (TPSA) is 52.6 Å². The van der Waals surface area contributed by atoms with Crippen LogP contribution in [0.1, 0.15) is 36.0 Å². The van der Waals surface area contributed by atoms with E-state index in [-0.39, 0.29) is 15.6 Å². The van der Waals surface area contributed by atoms with Crippen molar-refractivity contribution in [2.45, 2.75) is 31.2 Å². The molecule has 21 heavy (non-hydrogen) atoms. The van der Waals surface area contributed by atoms with Crippen molar-refractivity contribution in [3.63, 3.8) is 0 Å². The van der Waals surface area contributed by atoms with Crippen LogP contribution in [0, 0.1) is 5.82 Å². The van der Waals surface area contributed by atoms with E-state index in [1.807, 2.05) is 14.1 Å². The van der Waals surface area contributed by atoms with Gasteiger partial charge < -0.3 is 15.3 Å². The number of aromatic carboxylic acids is 1. The van der Waals surface area contributed by atoms with E-state index in [0.717, 1.165) is 12.8 Å². The van der Waals surface area contributed by atoms with Gasteiger partial charge >= 0.3 is 5.97 Å². The highest BCUT2D eigenvalue weighted by Gasteiger charge is 2.35. The van der Waals surface area contributed by atoms with Crippen molar-refractivity contribution < 1.29 is 14.3 Å². The van der Waals surface area contributed by atoms with Crippen LogP contribution >= 0.6 is 15.9 Å². The van der Waals surface area contributed by atoms with Crippen LogP contribution < -0.4 is 5.32 Å². The molecule has 0 saturated heterocycles. The lowest BCUT2D eigenvalue weighted by molar-refractivity contribution is 0.0695. The van der Waals surface area contributed by atoms with Crippen LogP contribution in [0.15, 0.2) is 16.6 Å². The molecule has 1 aromatic rings. The minimum atomic E-state index is -1.15. The van der Waals surface area contributed by atoms with Gasteiger partial charge in [0.1, 0.15) is 0 Å². The van der Waals surface area contributed by atoms with Gasteiger partial charge in [-0.15, -0.1) is 0 Å². The van der Waals surface area contributed by atoms with Gasteiger partial charge in [-0.3, -0.25) is 0 Å². The van der Waals surface area contributed by atoms with Gasteiger partial charge in [0.15, 0.2) is 5.82 Å². The molecule has 0 unspecified atom stereocenters. The fourth-order valence-electron chi connectivity index (χ4n) is 2.93. The zero-order chi connectivity index (χ0) is 15.6. The second-order valence-electron chi connectivity index (χ2n) is 5.77. The molecule has 0 aromatic heterocycles. The second-order valence-corrected chi connectivity index (χ2v) is 6.57. The first-order chi connectivity index (χ1) is 9.87. The Hall–Kier alpha value is -1.14. The minimum absolute atomic E-state index is 0.00896. The Morgan fingerprint density at radius 1 is 1.43 bits per heavy atom. The molecule has 0 radical (unpaired) electrons. The summed E-state index contributed by atoms with van der Waals surface area (Å²) in [6.07, 6.45) is 4.54. The molecule has 1 aliphatic rings. The lowest BCUT2D eigenvalue weighted by Crippen LogP contribution is -2.47. The van der Waals surface area contributed by atoms with Crippen LogP contribution in [0.2, 0.25) is 0 Å². The number of nitrogens with one attached hydrogen (secondary N) is 1. The number of likely N-dealkylation sites (N-methyl/N-ethyl adjacent to an activating group) is 1. The van der Waals surface area contributed by atoms with Crippen molar-refractivity contribution in [2.24, 2.45) is 0 Å². The standard InChI is InChI=1S/C15H20BrFN2O2/c1-19(2)15(7-3-4-8-15)9-18-11-6-5-10(14(20)21)12(16)13(11)17/h5-6,18H,3-4,7-9H2,1-2H3,(H,20,21). The molecule has 1 saturated carbocycles. The van der Waals surface area contributed by atoms with Crippen LogP contribution in [-0.4, -0.2) is 42.2 Å². The number of carbonyl (C=O) groups is 1. The second kappa shape index (κ2) is 6.32. The summed E-state index contributed by atoms with van der Waals surface area (Å²) in [6.45, 7) is 0.649. The zero-order valence-electron chi connectivity index (χ0n) is 12.2. The van der Waals surface area contributed by atoms with Gasteiger partial charge in [0.25, 0.3) is 0 Å². The highest BCUT2D eigenvalue weighted by atomic mass is 79.9. The SMILES string of the molecule is CN(C)C1(CNc2ccc(C(=O)O)c(Br)c2F)CCCC1. The monoisotopic (exact) mass is 358 g/mol. The van der Waals surface area contributed by atoms with Crippen LogP contribution in [0.25, 0.3) is 0 Å². The van der Waals surface area contributed by atoms with E-state index in [0.29, 0.717) is 12.2 Å². The number of benzene rings is 1. The highest BCUT2D eigenvalue weighted by Crippen LogP contribution is 2.35. The maximum atomic E-state index is 14.2. The number of anilines is 1. The quantitative estimate of drug-likeness (QED) is 0.844. The van der Waals surface area contributed by atoms with Gasteiger partial charge in [-0.2, -0.15) is 0 Å². The number of carboxylic acid groups (broad SMARTS) is 1. The molecule has 6 heteroatoms. The molecule has 0 heterocycles. The van der Waals surface area contributed by atoms with E-state index >= 15 is 0 Å². The Labute approximate surface area is 132 Å². The van der Waals surface area contributed by atoms with E-state index in [2.05, 4.69) is 26.1 Å². The van der Waals surface area contributed by atoms with Gasteiger partial charge in [-0.1, -0.05) is 12.8 Å². The maximum Gasteiger partial charge on any atom is 0.336 e. The third-order valence-electron chi connectivity index (χ3n) is 4.40. The van der Waals surface area contributed by atoms with Crippen molar-refractivity contribution >= 4 is 27.6 Å². The number of rotatable bonds is 5. The Kier molecular flexibility index (Phi) is 4.88. The maximum absolute atomic E-state index is 14.2. The number of carboxylic acids is 1. The van der Waals surface area contributed by atoms with E-state index < -0.39 is 11.8 Å². The van der Waals surface area contributed by atoms with Gasteiger partial charge in [-0.25, -0.2) is 9.18 Å². The molecule has 1 aliphatic carbocycles. The van der Waals surface area contributed by atoms with Crippen LogP contribution in [0.3, 0.4) is 0 Å². The predicted octanol–water partition coefficient (Wildman–Crippen LogP) is 3.57. The lowest BCUT2D eigenvalue weighted by atomic mass is 9.96. The fraction of sp³-hybridized carbons (Fsp3) is 0.533. The number of halogens is 2. The normalized spacial score (nSPS) is 17.2. The zero-order valence-corrected chi connectivity index (χ0v) is 13.8. The fourth-order valence-corrected chi connectivity index (χ4v) is 3.44. The lowest BCUT2D eigenvalue weighted by Gasteiger charge is -2.37. The van der Waals surface area contributed by atoms with Gasteiger partial charge in [0.05, 0.1) is 15.7 Å². The molecule has 1 aromatic carbocycles.